The molecule has 1 heterocycles. The van der Waals surface area contributed by atoms with Gasteiger partial charge in [0.1, 0.15) is 10.7 Å². The van der Waals surface area contributed by atoms with E-state index in [-0.39, 0.29) is 21.5 Å². The number of ketones is 1. The highest BCUT2D eigenvalue weighted by molar-refractivity contribution is 9.10. The number of carbonyl (C=O) groups is 2. The summed E-state index contributed by atoms with van der Waals surface area (Å²) in [6, 6.07) is 4.02. The molecule has 0 spiro atoms. The van der Waals surface area contributed by atoms with E-state index in [0.717, 1.165) is 11.3 Å². The van der Waals surface area contributed by atoms with Gasteiger partial charge in [-0.25, -0.2) is 14.2 Å². The lowest BCUT2D eigenvalue weighted by Crippen LogP contribution is -2.03. The first-order chi connectivity index (χ1) is 9.38. The summed E-state index contributed by atoms with van der Waals surface area (Å²) in [7, 11) is 0. The molecule has 104 valence electrons. The lowest BCUT2D eigenvalue weighted by molar-refractivity contribution is 0.0687. The van der Waals surface area contributed by atoms with Crippen LogP contribution in [0.25, 0.3) is 0 Å². The van der Waals surface area contributed by atoms with Crippen LogP contribution in [0, 0.1) is 5.82 Å². The summed E-state index contributed by atoms with van der Waals surface area (Å²) in [5.74, 6) is -2.11. The van der Waals surface area contributed by atoms with E-state index in [1.807, 2.05) is 0 Å². The molecule has 2 rings (SSSR count). The summed E-state index contributed by atoms with van der Waals surface area (Å²) in [6.07, 6.45) is 0. The van der Waals surface area contributed by atoms with Gasteiger partial charge in [0.15, 0.2) is 16.6 Å². The van der Waals surface area contributed by atoms with Crippen molar-refractivity contribution >= 4 is 49.8 Å². The van der Waals surface area contributed by atoms with Crippen molar-refractivity contribution in [2.45, 2.75) is 6.92 Å². The molecule has 0 unspecified atom stereocenters. The minimum Gasteiger partial charge on any atom is -0.476 e. The van der Waals surface area contributed by atoms with Gasteiger partial charge in [0.25, 0.3) is 0 Å². The number of nitrogens with one attached hydrogen (secondary N) is 1. The van der Waals surface area contributed by atoms with Crippen LogP contribution in [-0.2, 0) is 0 Å². The van der Waals surface area contributed by atoms with Crippen LogP contribution >= 0.6 is 27.3 Å². The number of nitrogens with zero attached hydrogens (tertiary/aromatic N) is 1. The monoisotopic (exact) mass is 358 g/mol. The lowest BCUT2D eigenvalue weighted by atomic mass is 10.3. The van der Waals surface area contributed by atoms with Gasteiger partial charge in [0.2, 0.25) is 0 Å². The lowest BCUT2D eigenvalue weighted by Gasteiger charge is -2.04. The number of carboxylic acid groups (broad SMARTS) is 1. The van der Waals surface area contributed by atoms with Gasteiger partial charge in [-0.3, -0.25) is 4.79 Å². The fraction of sp³-hybridized carbons (Fsp3) is 0.0833. The number of rotatable bonds is 4. The summed E-state index contributed by atoms with van der Waals surface area (Å²) in [5.41, 5.74) is 0.0864. The first kappa shape index (κ1) is 14.6. The van der Waals surface area contributed by atoms with Gasteiger partial charge in [-0.05, 0) is 34.1 Å². The number of hydrogen-bond donors (Lipinski definition) is 2. The maximum atomic E-state index is 13.2. The van der Waals surface area contributed by atoms with Crippen molar-refractivity contribution in [2.24, 2.45) is 0 Å². The molecule has 0 aliphatic rings. The predicted molar refractivity (Wildman–Crippen MR) is 76.5 cm³/mol. The van der Waals surface area contributed by atoms with E-state index < -0.39 is 11.8 Å². The number of Topliss-reactive ketones (excluding diaryl/α,β-unsaturated/α-hetero) is 1. The molecular weight excluding hydrogens is 351 g/mol. The van der Waals surface area contributed by atoms with Crippen molar-refractivity contribution in [1.29, 1.82) is 0 Å². The van der Waals surface area contributed by atoms with Crippen molar-refractivity contribution in [3.05, 3.63) is 39.1 Å². The van der Waals surface area contributed by atoms with Gasteiger partial charge in [-0.15, -0.1) is 0 Å². The minimum atomic E-state index is -1.28. The van der Waals surface area contributed by atoms with Gasteiger partial charge < -0.3 is 10.4 Å². The molecule has 8 heteroatoms. The van der Waals surface area contributed by atoms with Gasteiger partial charge in [0, 0.05) is 11.4 Å². The number of thiazole rings is 1. The van der Waals surface area contributed by atoms with E-state index in [0.29, 0.717) is 10.2 Å². The topological polar surface area (TPSA) is 79.3 Å². The second-order valence-corrected chi connectivity index (χ2v) is 5.66. The van der Waals surface area contributed by atoms with Crippen molar-refractivity contribution in [2.75, 3.05) is 5.32 Å². The Morgan fingerprint density at radius 3 is 2.70 bits per heavy atom. The Balaban J connectivity index is 2.39. The Hall–Kier alpha value is -1.80. The first-order valence-corrected chi connectivity index (χ1v) is 6.96. The summed E-state index contributed by atoms with van der Waals surface area (Å²) in [6.45, 7) is 1.27. The average molecular weight is 359 g/mol. The second-order valence-electron chi connectivity index (χ2n) is 3.81. The first-order valence-electron chi connectivity index (χ1n) is 5.35. The number of aromatic nitrogens is 1. The smallest absolute Gasteiger partial charge is 0.356 e. The van der Waals surface area contributed by atoms with E-state index in [9.17, 15) is 14.0 Å². The molecule has 0 amide bonds. The number of anilines is 2. The number of hydrogen-bond acceptors (Lipinski definition) is 5. The van der Waals surface area contributed by atoms with Crippen LogP contribution < -0.4 is 5.32 Å². The summed E-state index contributed by atoms with van der Waals surface area (Å²) < 4.78 is 13.8. The fourth-order valence-corrected chi connectivity index (χ4v) is 2.68. The number of carboxylic acids is 1. The van der Waals surface area contributed by atoms with Crippen LogP contribution in [0.5, 0.6) is 0 Å². The van der Waals surface area contributed by atoms with Crippen LogP contribution in [0.15, 0.2) is 22.7 Å². The summed E-state index contributed by atoms with van der Waals surface area (Å²) in [5, 5.41) is 12.0. The molecule has 0 saturated heterocycles. The molecule has 0 fully saturated rings. The zero-order valence-electron chi connectivity index (χ0n) is 10.1. The maximum absolute atomic E-state index is 13.2. The van der Waals surface area contributed by atoms with Crippen LogP contribution in [-0.4, -0.2) is 21.8 Å². The SMILES string of the molecule is CC(=O)c1sc(Nc2cc(F)ccc2Br)nc1C(=O)O. The minimum absolute atomic E-state index is 0.0486. The Morgan fingerprint density at radius 2 is 2.15 bits per heavy atom. The number of aromatic carboxylic acids is 1. The molecule has 2 aromatic rings. The molecule has 1 aromatic carbocycles. The Kier molecular flexibility index (Phi) is 4.15. The zero-order valence-corrected chi connectivity index (χ0v) is 12.5. The van der Waals surface area contributed by atoms with E-state index in [1.54, 1.807) is 0 Å². The van der Waals surface area contributed by atoms with Crippen LogP contribution in [0.4, 0.5) is 15.2 Å². The molecule has 0 aliphatic heterocycles. The number of benzene rings is 1. The van der Waals surface area contributed by atoms with Crippen molar-refractivity contribution in [3.8, 4) is 0 Å². The highest BCUT2D eigenvalue weighted by Crippen LogP contribution is 2.30. The third-order valence-corrected chi connectivity index (χ3v) is 4.08. The van der Waals surface area contributed by atoms with E-state index >= 15 is 0 Å². The highest BCUT2D eigenvalue weighted by atomic mass is 79.9. The molecule has 0 aliphatic carbocycles. The predicted octanol–water partition coefficient (Wildman–Crippen LogP) is 3.69. The standard InChI is InChI=1S/C12H8BrFN2O3S/c1-5(17)10-9(11(18)19)16-12(20-10)15-8-4-6(14)2-3-7(8)13/h2-4H,1H3,(H,15,16)(H,18,19). The number of halogens is 2. The van der Waals surface area contributed by atoms with Crippen molar-refractivity contribution < 1.29 is 19.1 Å². The second kappa shape index (κ2) is 5.68. The highest BCUT2D eigenvalue weighted by Gasteiger charge is 2.20. The zero-order chi connectivity index (χ0) is 14.9. The maximum Gasteiger partial charge on any atom is 0.356 e. The van der Waals surface area contributed by atoms with Crippen LogP contribution in [0.2, 0.25) is 0 Å². The van der Waals surface area contributed by atoms with Crippen molar-refractivity contribution in [3.63, 3.8) is 0 Å². The van der Waals surface area contributed by atoms with E-state index in [1.165, 1.54) is 25.1 Å². The molecule has 1 aromatic heterocycles. The van der Waals surface area contributed by atoms with Crippen LogP contribution in [0.1, 0.15) is 27.1 Å². The Bertz CT molecular complexity index is 671. The normalized spacial score (nSPS) is 10.3. The number of carbonyl (C=O) groups excluding carboxylic acids is 1. The molecule has 0 bridgehead atoms. The summed E-state index contributed by atoms with van der Waals surface area (Å²) in [4.78, 5) is 26.3. The van der Waals surface area contributed by atoms with E-state index in [4.69, 9.17) is 5.11 Å². The Labute approximate surface area is 125 Å². The van der Waals surface area contributed by atoms with Crippen molar-refractivity contribution in [1.82, 2.24) is 4.98 Å². The third-order valence-electron chi connectivity index (χ3n) is 2.32. The van der Waals surface area contributed by atoms with Gasteiger partial charge >= 0.3 is 5.97 Å². The van der Waals surface area contributed by atoms with Crippen LogP contribution in [0.3, 0.4) is 0 Å². The van der Waals surface area contributed by atoms with Gasteiger partial charge in [-0.2, -0.15) is 0 Å². The fourth-order valence-electron chi connectivity index (χ4n) is 1.47. The summed E-state index contributed by atoms with van der Waals surface area (Å²) >= 11 is 4.14. The van der Waals surface area contributed by atoms with Gasteiger partial charge in [-0.1, -0.05) is 11.3 Å². The largest absolute Gasteiger partial charge is 0.476 e. The Morgan fingerprint density at radius 1 is 1.45 bits per heavy atom. The molecule has 20 heavy (non-hydrogen) atoms. The molecular formula is C12H8BrFN2O3S. The average Bonchev–Trinajstić information content (AvgIpc) is 2.78. The molecule has 0 atom stereocenters. The van der Waals surface area contributed by atoms with Gasteiger partial charge in [0.05, 0.1) is 5.69 Å². The third kappa shape index (κ3) is 3.02. The molecule has 0 radical (unpaired) electrons. The molecule has 5 nitrogen and oxygen atoms in total. The molecule has 0 saturated carbocycles. The van der Waals surface area contributed by atoms with E-state index in [2.05, 4.69) is 26.2 Å². The quantitative estimate of drug-likeness (QED) is 0.814. The molecule has 2 N–H and O–H groups in total.